The highest BCUT2D eigenvalue weighted by Crippen LogP contribution is 2.37. The molecular formula is C20H25FN2O4. The largest absolute Gasteiger partial charge is 0.463 e. The van der Waals surface area contributed by atoms with Crippen LogP contribution in [-0.4, -0.2) is 42.4 Å². The summed E-state index contributed by atoms with van der Waals surface area (Å²) in [6.45, 7) is 5.83. The molecule has 1 atom stereocenters. The van der Waals surface area contributed by atoms with Gasteiger partial charge in [0.05, 0.1) is 12.2 Å². The van der Waals surface area contributed by atoms with Crippen LogP contribution in [0.5, 0.6) is 0 Å². The fourth-order valence-electron chi connectivity index (χ4n) is 3.12. The Morgan fingerprint density at radius 2 is 1.93 bits per heavy atom. The zero-order valence-corrected chi connectivity index (χ0v) is 15.9. The fraction of sp³-hybridized carbons (Fsp3) is 0.450. The van der Waals surface area contributed by atoms with Gasteiger partial charge in [-0.3, -0.25) is 9.59 Å². The van der Waals surface area contributed by atoms with Gasteiger partial charge in [0.15, 0.2) is 0 Å². The van der Waals surface area contributed by atoms with Crippen molar-refractivity contribution >= 4 is 17.8 Å². The summed E-state index contributed by atoms with van der Waals surface area (Å²) in [5, 5.41) is 2.73. The molecule has 1 aliphatic heterocycles. The summed E-state index contributed by atoms with van der Waals surface area (Å²) >= 11 is 0. The minimum Gasteiger partial charge on any atom is -0.463 e. The van der Waals surface area contributed by atoms with Gasteiger partial charge < -0.3 is 15.0 Å². The van der Waals surface area contributed by atoms with E-state index in [4.69, 9.17) is 4.74 Å². The normalized spacial score (nSPS) is 17.1. The number of amides is 2. The first kappa shape index (κ1) is 20.6. The SMILES string of the molecule is CCCNC(=O)CN1C(=O)C[C@@H](c2ccc(F)cc2)C(C(=O)OCC)=C1C. The maximum Gasteiger partial charge on any atom is 0.336 e. The van der Waals surface area contributed by atoms with E-state index in [0.29, 0.717) is 23.4 Å². The van der Waals surface area contributed by atoms with Gasteiger partial charge >= 0.3 is 5.97 Å². The van der Waals surface area contributed by atoms with Gasteiger partial charge in [-0.05, 0) is 38.0 Å². The van der Waals surface area contributed by atoms with E-state index >= 15 is 0 Å². The van der Waals surface area contributed by atoms with Crippen molar-refractivity contribution in [3.8, 4) is 0 Å². The zero-order chi connectivity index (χ0) is 20.0. The van der Waals surface area contributed by atoms with E-state index in [2.05, 4.69) is 5.32 Å². The molecule has 0 bridgehead atoms. The first-order chi connectivity index (χ1) is 12.9. The average molecular weight is 376 g/mol. The molecule has 0 aliphatic carbocycles. The summed E-state index contributed by atoms with van der Waals surface area (Å²) in [7, 11) is 0. The van der Waals surface area contributed by atoms with Crippen molar-refractivity contribution in [2.75, 3.05) is 19.7 Å². The Labute approximate surface area is 158 Å². The quantitative estimate of drug-likeness (QED) is 0.742. The molecular weight excluding hydrogens is 351 g/mol. The Balaban J connectivity index is 2.39. The number of benzene rings is 1. The molecule has 1 aromatic carbocycles. The van der Waals surface area contributed by atoms with E-state index in [1.807, 2.05) is 6.92 Å². The van der Waals surface area contributed by atoms with E-state index < -0.39 is 17.7 Å². The number of hydrogen-bond acceptors (Lipinski definition) is 4. The van der Waals surface area contributed by atoms with Crippen molar-refractivity contribution in [2.45, 2.75) is 39.5 Å². The number of ether oxygens (including phenoxy) is 1. The van der Waals surface area contributed by atoms with E-state index in [9.17, 15) is 18.8 Å². The van der Waals surface area contributed by atoms with Gasteiger partial charge in [0.2, 0.25) is 11.8 Å². The molecule has 0 radical (unpaired) electrons. The first-order valence-electron chi connectivity index (χ1n) is 9.09. The number of esters is 1. The second kappa shape index (κ2) is 9.30. The van der Waals surface area contributed by atoms with Crippen LogP contribution in [0.3, 0.4) is 0 Å². The van der Waals surface area contributed by atoms with E-state index in [1.54, 1.807) is 26.0 Å². The van der Waals surface area contributed by atoms with Crippen LogP contribution < -0.4 is 5.32 Å². The Hall–Kier alpha value is -2.70. The molecule has 146 valence electrons. The van der Waals surface area contributed by atoms with Gasteiger partial charge in [0.1, 0.15) is 12.4 Å². The fourth-order valence-corrected chi connectivity index (χ4v) is 3.12. The van der Waals surface area contributed by atoms with Crippen molar-refractivity contribution in [3.63, 3.8) is 0 Å². The summed E-state index contributed by atoms with van der Waals surface area (Å²) in [5.74, 6) is -2.01. The van der Waals surface area contributed by atoms with E-state index in [0.717, 1.165) is 6.42 Å². The van der Waals surface area contributed by atoms with Crippen LogP contribution in [0, 0.1) is 5.82 Å². The van der Waals surface area contributed by atoms with Gasteiger partial charge in [-0.15, -0.1) is 0 Å². The van der Waals surface area contributed by atoms with Gasteiger partial charge in [-0.1, -0.05) is 19.1 Å². The minimum absolute atomic E-state index is 0.0121. The van der Waals surface area contributed by atoms with Gasteiger partial charge in [-0.2, -0.15) is 0 Å². The second-order valence-corrected chi connectivity index (χ2v) is 6.36. The number of hydrogen-bond donors (Lipinski definition) is 1. The summed E-state index contributed by atoms with van der Waals surface area (Å²) in [4.78, 5) is 38.6. The lowest BCUT2D eigenvalue weighted by Gasteiger charge is -2.34. The third-order valence-electron chi connectivity index (χ3n) is 4.46. The van der Waals surface area contributed by atoms with E-state index in [-0.39, 0.29) is 31.4 Å². The van der Waals surface area contributed by atoms with Crippen LogP contribution in [0.25, 0.3) is 0 Å². The highest BCUT2D eigenvalue weighted by atomic mass is 19.1. The smallest absolute Gasteiger partial charge is 0.336 e. The summed E-state index contributed by atoms with van der Waals surface area (Å²) < 4.78 is 18.4. The monoisotopic (exact) mass is 376 g/mol. The minimum atomic E-state index is -0.535. The number of nitrogens with one attached hydrogen (secondary N) is 1. The van der Waals surface area contributed by atoms with Crippen molar-refractivity contribution in [2.24, 2.45) is 0 Å². The molecule has 7 heteroatoms. The van der Waals surface area contributed by atoms with Crippen LogP contribution in [-0.2, 0) is 19.1 Å². The van der Waals surface area contributed by atoms with Crippen LogP contribution in [0.1, 0.15) is 45.1 Å². The van der Waals surface area contributed by atoms with Crippen molar-refractivity contribution in [1.82, 2.24) is 10.2 Å². The summed E-state index contributed by atoms with van der Waals surface area (Å²) in [6.07, 6.45) is 0.799. The lowest BCUT2D eigenvalue weighted by Crippen LogP contribution is -2.44. The lowest BCUT2D eigenvalue weighted by atomic mass is 9.83. The number of carbonyl (C=O) groups is 3. The third-order valence-corrected chi connectivity index (χ3v) is 4.46. The number of allylic oxidation sites excluding steroid dienone is 1. The molecule has 2 rings (SSSR count). The molecule has 0 saturated heterocycles. The Kier molecular flexibility index (Phi) is 7.10. The molecule has 0 spiro atoms. The standard InChI is InChI=1S/C20H25FN2O4/c1-4-10-22-17(24)12-23-13(3)19(20(26)27-5-2)16(11-18(23)25)14-6-8-15(21)9-7-14/h6-9,16H,4-5,10-12H2,1-3H3,(H,22,24)/t16-/m0/s1. The number of carbonyl (C=O) groups excluding carboxylic acids is 3. The molecule has 1 aromatic rings. The van der Waals surface area contributed by atoms with Gasteiger partial charge in [-0.25, -0.2) is 9.18 Å². The molecule has 6 nitrogen and oxygen atoms in total. The van der Waals surface area contributed by atoms with E-state index in [1.165, 1.54) is 17.0 Å². The van der Waals surface area contributed by atoms with Crippen LogP contribution in [0.4, 0.5) is 4.39 Å². The van der Waals surface area contributed by atoms with Crippen molar-refractivity contribution in [3.05, 3.63) is 46.9 Å². The molecule has 27 heavy (non-hydrogen) atoms. The Bertz CT molecular complexity index is 743. The average Bonchev–Trinajstić information content (AvgIpc) is 2.63. The lowest BCUT2D eigenvalue weighted by molar-refractivity contribution is -0.141. The summed E-state index contributed by atoms with van der Waals surface area (Å²) in [5.41, 5.74) is 1.37. The highest BCUT2D eigenvalue weighted by Gasteiger charge is 2.37. The molecule has 1 heterocycles. The van der Waals surface area contributed by atoms with Crippen LogP contribution in [0.2, 0.25) is 0 Å². The molecule has 2 amide bonds. The maximum atomic E-state index is 13.3. The second-order valence-electron chi connectivity index (χ2n) is 6.36. The molecule has 0 fully saturated rings. The number of nitrogens with zero attached hydrogens (tertiary/aromatic N) is 1. The predicted octanol–water partition coefficient (Wildman–Crippen LogP) is 2.50. The Morgan fingerprint density at radius 3 is 2.52 bits per heavy atom. The molecule has 1 N–H and O–H groups in total. The third kappa shape index (κ3) is 4.93. The van der Waals surface area contributed by atoms with Crippen LogP contribution in [0.15, 0.2) is 35.5 Å². The Morgan fingerprint density at radius 1 is 1.26 bits per heavy atom. The molecule has 1 aliphatic rings. The highest BCUT2D eigenvalue weighted by molar-refractivity contribution is 5.97. The predicted molar refractivity (Wildman–Crippen MR) is 98.1 cm³/mol. The first-order valence-corrected chi connectivity index (χ1v) is 9.09. The van der Waals surface area contributed by atoms with Gasteiger partial charge in [0, 0.05) is 24.6 Å². The number of halogens is 1. The van der Waals surface area contributed by atoms with Crippen LogP contribution >= 0.6 is 0 Å². The zero-order valence-electron chi connectivity index (χ0n) is 15.9. The number of rotatable bonds is 7. The summed E-state index contributed by atoms with van der Waals surface area (Å²) in [6, 6.07) is 5.71. The molecule has 0 aromatic heterocycles. The molecule has 0 saturated carbocycles. The molecule has 0 unspecified atom stereocenters. The van der Waals surface area contributed by atoms with Crippen molar-refractivity contribution < 1.29 is 23.5 Å². The van der Waals surface area contributed by atoms with Crippen molar-refractivity contribution in [1.29, 1.82) is 0 Å². The topological polar surface area (TPSA) is 75.7 Å². The maximum absolute atomic E-state index is 13.3. The van der Waals surface area contributed by atoms with Gasteiger partial charge in [0.25, 0.3) is 0 Å².